The molecular weight excluding hydrogens is 296 g/mol. The second kappa shape index (κ2) is 8.36. The fourth-order valence-electron chi connectivity index (χ4n) is 5.52. The molecule has 2 fully saturated rings. The maximum Gasteiger partial charge on any atom is 0.328 e. The van der Waals surface area contributed by atoms with Gasteiger partial charge in [-0.05, 0) is 61.2 Å². The predicted molar refractivity (Wildman–Crippen MR) is 101 cm³/mol. The van der Waals surface area contributed by atoms with Gasteiger partial charge in [-0.25, -0.2) is 4.79 Å². The Morgan fingerprint density at radius 3 is 2.71 bits per heavy atom. The van der Waals surface area contributed by atoms with Crippen LogP contribution in [0.25, 0.3) is 0 Å². The van der Waals surface area contributed by atoms with Crippen molar-refractivity contribution in [2.24, 2.45) is 29.1 Å². The molecule has 1 N–H and O–H groups in total. The van der Waals surface area contributed by atoms with Gasteiger partial charge in [0, 0.05) is 6.08 Å². The van der Waals surface area contributed by atoms with Gasteiger partial charge in [0.15, 0.2) is 0 Å². The smallest absolute Gasteiger partial charge is 0.328 e. The summed E-state index contributed by atoms with van der Waals surface area (Å²) >= 11 is 0. The lowest BCUT2D eigenvalue weighted by molar-refractivity contribution is -0.131. The summed E-state index contributed by atoms with van der Waals surface area (Å²) in [5.41, 5.74) is 1.93. The van der Waals surface area contributed by atoms with E-state index in [-0.39, 0.29) is 0 Å². The Morgan fingerprint density at radius 2 is 2.04 bits per heavy atom. The van der Waals surface area contributed by atoms with Gasteiger partial charge in [0.25, 0.3) is 0 Å². The number of carbonyl (C=O) groups is 1. The van der Waals surface area contributed by atoms with Gasteiger partial charge >= 0.3 is 5.97 Å². The molecule has 2 rings (SSSR count). The second-order valence-corrected chi connectivity index (χ2v) is 8.84. The molecule has 136 valence electrons. The minimum absolute atomic E-state index is 0.429. The van der Waals surface area contributed by atoms with Crippen LogP contribution in [0.1, 0.15) is 79.1 Å². The van der Waals surface area contributed by atoms with Crippen LogP contribution in [-0.4, -0.2) is 11.1 Å². The molecule has 0 aromatic carbocycles. The Bertz CT molecular complexity index is 488. The van der Waals surface area contributed by atoms with E-state index in [4.69, 9.17) is 5.11 Å². The minimum atomic E-state index is -0.853. The van der Waals surface area contributed by atoms with Crippen molar-refractivity contribution in [3.05, 3.63) is 23.8 Å². The average Bonchev–Trinajstić information content (AvgIpc) is 2.84. The first-order chi connectivity index (χ1) is 11.3. The first-order valence-corrected chi connectivity index (χ1v) is 9.94. The van der Waals surface area contributed by atoms with Crippen molar-refractivity contribution in [2.45, 2.75) is 79.1 Å². The highest BCUT2D eigenvalue weighted by molar-refractivity contribution is 5.80. The molecule has 0 radical (unpaired) electrons. The molecule has 2 nitrogen and oxygen atoms in total. The van der Waals surface area contributed by atoms with E-state index < -0.39 is 5.97 Å². The zero-order valence-corrected chi connectivity index (χ0v) is 16.1. The first kappa shape index (κ1) is 19.3. The summed E-state index contributed by atoms with van der Waals surface area (Å²) in [7, 11) is 0. The largest absolute Gasteiger partial charge is 0.478 e. The van der Waals surface area contributed by atoms with Crippen LogP contribution in [0.2, 0.25) is 0 Å². The van der Waals surface area contributed by atoms with E-state index in [2.05, 4.69) is 33.8 Å². The van der Waals surface area contributed by atoms with Crippen LogP contribution in [0, 0.1) is 29.1 Å². The Hall–Kier alpha value is -1.05. The molecule has 2 saturated carbocycles. The van der Waals surface area contributed by atoms with Crippen LogP contribution in [0.5, 0.6) is 0 Å². The van der Waals surface area contributed by atoms with Crippen molar-refractivity contribution in [2.75, 3.05) is 0 Å². The Kier molecular flexibility index (Phi) is 6.71. The maximum absolute atomic E-state index is 10.7. The highest BCUT2D eigenvalue weighted by Crippen LogP contribution is 2.59. The van der Waals surface area contributed by atoms with E-state index >= 15 is 0 Å². The Morgan fingerprint density at radius 1 is 1.29 bits per heavy atom. The molecule has 24 heavy (non-hydrogen) atoms. The van der Waals surface area contributed by atoms with Crippen molar-refractivity contribution >= 4 is 5.97 Å². The summed E-state index contributed by atoms with van der Waals surface area (Å²) in [6.45, 7) is 9.63. The zero-order valence-electron chi connectivity index (χ0n) is 16.1. The quantitative estimate of drug-likeness (QED) is 0.561. The summed E-state index contributed by atoms with van der Waals surface area (Å²) in [5, 5.41) is 8.80. The van der Waals surface area contributed by atoms with Crippen molar-refractivity contribution in [3.8, 4) is 0 Å². The zero-order chi connectivity index (χ0) is 17.7. The van der Waals surface area contributed by atoms with Crippen LogP contribution in [0.15, 0.2) is 23.8 Å². The maximum atomic E-state index is 10.7. The molecule has 4 atom stereocenters. The van der Waals surface area contributed by atoms with Crippen LogP contribution >= 0.6 is 0 Å². The van der Waals surface area contributed by atoms with Crippen molar-refractivity contribution in [1.29, 1.82) is 0 Å². The van der Waals surface area contributed by atoms with Crippen LogP contribution in [-0.2, 0) is 4.79 Å². The van der Waals surface area contributed by atoms with Gasteiger partial charge in [0.1, 0.15) is 0 Å². The summed E-state index contributed by atoms with van der Waals surface area (Å²) in [4.78, 5) is 10.7. The molecule has 0 amide bonds. The van der Waals surface area contributed by atoms with Crippen LogP contribution < -0.4 is 0 Å². The first-order valence-electron chi connectivity index (χ1n) is 9.94. The van der Waals surface area contributed by atoms with E-state index in [0.717, 1.165) is 24.2 Å². The highest BCUT2D eigenvalue weighted by Gasteiger charge is 2.50. The van der Waals surface area contributed by atoms with Gasteiger partial charge in [-0.1, -0.05) is 64.7 Å². The van der Waals surface area contributed by atoms with Gasteiger partial charge in [0.2, 0.25) is 0 Å². The Balaban J connectivity index is 2.04. The predicted octanol–water partition coefficient (Wildman–Crippen LogP) is 6.23. The molecule has 2 aliphatic carbocycles. The molecule has 2 heteroatoms. The topological polar surface area (TPSA) is 37.3 Å². The lowest BCUT2D eigenvalue weighted by Crippen LogP contribution is -2.36. The molecule has 0 bridgehead atoms. The molecule has 0 aromatic heterocycles. The molecule has 0 aromatic rings. The third kappa shape index (κ3) is 4.52. The number of fused-ring (bicyclic) bond motifs is 1. The lowest BCUT2D eigenvalue weighted by atomic mass is 9.60. The van der Waals surface area contributed by atoms with Crippen molar-refractivity contribution in [1.82, 2.24) is 0 Å². The fourth-order valence-corrected chi connectivity index (χ4v) is 5.52. The third-order valence-corrected chi connectivity index (χ3v) is 6.71. The molecule has 0 aliphatic heterocycles. The molecule has 0 spiro atoms. The normalized spacial score (nSPS) is 33.3. The van der Waals surface area contributed by atoms with E-state index in [0.29, 0.717) is 11.3 Å². The number of rotatable bonds is 7. The molecule has 2 aliphatic rings. The Labute approximate surface area is 148 Å². The van der Waals surface area contributed by atoms with Gasteiger partial charge in [-0.3, -0.25) is 0 Å². The molecule has 1 unspecified atom stereocenters. The van der Waals surface area contributed by atoms with Gasteiger partial charge in [0.05, 0.1) is 0 Å². The molecular formula is C22H36O2. The van der Waals surface area contributed by atoms with Gasteiger partial charge in [-0.2, -0.15) is 0 Å². The number of carboxylic acids is 1. The molecule has 0 heterocycles. The van der Waals surface area contributed by atoms with E-state index in [9.17, 15) is 4.79 Å². The standard InChI is InChI=1S/C22H36O2/c1-16(2)8-5-9-17(3)19-13-14-20-18(10-6-12-21(23)24)11-7-15-22(19,20)4/h6,10,12,16-17,19-20H,5,7-9,11,13-15H2,1-4H3,(H,23,24)/b12-6+,18-10-/t17-,19-,20?,22-/m1/s1. The van der Waals surface area contributed by atoms with Gasteiger partial charge in [-0.15, -0.1) is 0 Å². The van der Waals surface area contributed by atoms with E-state index in [1.807, 2.05) is 0 Å². The van der Waals surface area contributed by atoms with Crippen molar-refractivity contribution in [3.63, 3.8) is 0 Å². The summed E-state index contributed by atoms with van der Waals surface area (Å²) in [6.07, 6.45) is 15.6. The molecule has 0 saturated heterocycles. The summed E-state index contributed by atoms with van der Waals surface area (Å²) in [5.74, 6) is 2.28. The van der Waals surface area contributed by atoms with Crippen LogP contribution in [0.4, 0.5) is 0 Å². The van der Waals surface area contributed by atoms with Crippen molar-refractivity contribution < 1.29 is 9.90 Å². The summed E-state index contributed by atoms with van der Waals surface area (Å²) < 4.78 is 0. The monoisotopic (exact) mass is 332 g/mol. The fraction of sp³-hybridized carbons (Fsp3) is 0.773. The average molecular weight is 333 g/mol. The third-order valence-electron chi connectivity index (χ3n) is 6.71. The van der Waals surface area contributed by atoms with E-state index in [1.54, 1.807) is 6.08 Å². The van der Waals surface area contributed by atoms with Gasteiger partial charge < -0.3 is 5.11 Å². The van der Waals surface area contributed by atoms with E-state index in [1.165, 1.54) is 56.6 Å². The van der Waals surface area contributed by atoms with Crippen LogP contribution in [0.3, 0.4) is 0 Å². The summed E-state index contributed by atoms with van der Waals surface area (Å²) in [6, 6.07) is 0. The number of aliphatic carboxylic acids is 1. The number of hydrogen-bond donors (Lipinski definition) is 1. The highest BCUT2D eigenvalue weighted by atomic mass is 16.4. The number of hydrogen-bond acceptors (Lipinski definition) is 1. The number of allylic oxidation sites excluding steroid dienone is 3. The number of carboxylic acid groups (broad SMARTS) is 1. The second-order valence-electron chi connectivity index (χ2n) is 8.84. The SMILES string of the molecule is CC(C)CCC[C@@H](C)[C@H]1CCC2/C(=C\C=C\C(=O)O)CCC[C@@]21C. The lowest BCUT2D eigenvalue weighted by Gasteiger charge is -2.44. The minimum Gasteiger partial charge on any atom is -0.478 e.